The first kappa shape index (κ1) is 12.7. The maximum atomic E-state index is 13.8. The van der Waals surface area contributed by atoms with Crippen LogP contribution in [0.15, 0.2) is 42.5 Å². The number of rotatable bonds is 2. The number of nitrogens with two attached hydrogens (primary N) is 1. The fourth-order valence-electron chi connectivity index (χ4n) is 2.37. The molecule has 20 heavy (non-hydrogen) atoms. The van der Waals surface area contributed by atoms with Crippen molar-refractivity contribution in [2.24, 2.45) is 12.8 Å². The highest BCUT2D eigenvalue weighted by molar-refractivity contribution is 5.82. The molecule has 3 rings (SSSR count). The molecule has 5 heteroatoms. The van der Waals surface area contributed by atoms with Gasteiger partial charge in [-0.25, -0.2) is 8.78 Å². The standard InChI is InChI=1S/C15H13F2N3/c1-20-13-5-3-2-4-10(13)15(19-20)14(18)11-8-9(16)6-7-12(11)17/h2-8,14H,18H2,1H3. The van der Waals surface area contributed by atoms with E-state index in [0.29, 0.717) is 5.69 Å². The first-order chi connectivity index (χ1) is 9.58. The third kappa shape index (κ3) is 1.96. The van der Waals surface area contributed by atoms with Crippen LogP contribution < -0.4 is 5.73 Å². The van der Waals surface area contributed by atoms with Gasteiger partial charge in [0, 0.05) is 18.0 Å². The van der Waals surface area contributed by atoms with Gasteiger partial charge in [0.2, 0.25) is 0 Å². The van der Waals surface area contributed by atoms with Crippen molar-refractivity contribution in [3.8, 4) is 0 Å². The van der Waals surface area contributed by atoms with E-state index in [0.717, 1.165) is 29.1 Å². The lowest BCUT2D eigenvalue weighted by Gasteiger charge is -2.11. The molecule has 0 saturated heterocycles. The van der Waals surface area contributed by atoms with Gasteiger partial charge in [0.25, 0.3) is 0 Å². The smallest absolute Gasteiger partial charge is 0.128 e. The van der Waals surface area contributed by atoms with E-state index in [2.05, 4.69) is 5.10 Å². The molecule has 3 nitrogen and oxygen atoms in total. The molecule has 0 saturated carbocycles. The molecule has 2 N–H and O–H groups in total. The number of hydrogen-bond acceptors (Lipinski definition) is 2. The largest absolute Gasteiger partial charge is 0.319 e. The lowest BCUT2D eigenvalue weighted by Crippen LogP contribution is -2.15. The first-order valence-corrected chi connectivity index (χ1v) is 6.20. The van der Waals surface area contributed by atoms with Crippen molar-refractivity contribution in [3.05, 3.63) is 65.4 Å². The summed E-state index contributed by atoms with van der Waals surface area (Å²) in [6.45, 7) is 0. The maximum Gasteiger partial charge on any atom is 0.128 e. The van der Waals surface area contributed by atoms with Crippen LogP contribution in [-0.2, 0) is 7.05 Å². The van der Waals surface area contributed by atoms with Gasteiger partial charge >= 0.3 is 0 Å². The summed E-state index contributed by atoms with van der Waals surface area (Å²) < 4.78 is 28.8. The molecule has 3 aromatic rings. The topological polar surface area (TPSA) is 43.8 Å². The van der Waals surface area contributed by atoms with Crippen LogP contribution in [0.5, 0.6) is 0 Å². The zero-order chi connectivity index (χ0) is 14.3. The van der Waals surface area contributed by atoms with Crippen LogP contribution in [0.3, 0.4) is 0 Å². The van der Waals surface area contributed by atoms with E-state index in [1.54, 1.807) is 11.7 Å². The second-order valence-corrected chi connectivity index (χ2v) is 4.67. The maximum absolute atomic E-state index is 13.8. The Morgan fingerprint density at radius 1 is 1.15 bits per heavy atom. The number of halogens is 2. The number of nitrogens with zero attached hydrogens (tertiary/aromatic N) is 2. The molecule has 0 amide bonds. The van der Waals surface area contributed by atoms with Crippen molar-refractivity contribution in [2.75, 3.05) is 0 Å². The molecule has 1 aromatic heterocycles. The SMILES string of the molecule is Cn1nc(C(N)c2cc(F)ccc2F)c2ccccc21. The number of para-hydroxylation sites is 1. The molecule has 102 valence electrons. The van der Waals surface area contributed by atoms with Crippen molar-refractivity contribution >= 4 is 10.9 Å². The highest BCUT2D eigenvalue weighted by Crippen LogP contribution is 2.28. The predicted molar refractivity (Wildman–Crippen MR) is 73.1 cm³/mol. The second kappa shape index (κ2) is 4.68. The molecule has 1 heterocycles. The minimum Gasteiger partial charge on any atom is -0.319 e. The van der Waals surface area contributed by atoms with Gasteiger partial charge in [-0.05, 0) is 24.3 Å². The molecule has 0 aliphatic carbocycles. The Labute approximate surface area is 114 Å². The molecule has 2 aromatic carbocycles. The van der Waals surface area contributed by atoms with E-state index in [9.17, 15) is 8.78 Å². The number of aromatic nitrogens is 2. The van der Waals surface area contributed by atoms with E-state index >= 15 is 0 Å². The monoisotopic (exact) mass is 273 g/mol. The van der Waals surface area contributed by atoms with Crippen molar-refractivity contribution < 1.29 is 8.78 Å². The van der Waals surface area contributed by atoms with Crippen LogP contribution in [0.2, 0.25) is 0 Å². The minimum atomic E-state index is -0.809. The van der Waals surface area contributed by atoms with E-state index in [1.807, 2.05) is 24.3 Å². The third-order valence-corrected chi connectivity index (χ3v) is 3.37. The van der Waals surface area contributed by atoms with Crippen LogP contribution in [-0.4, -0.2) is 9.78 Å². The number of benzene rings is 2. The van der Waals surface area contributed by atoms with Crippen molar-refractivity contribution in [1.29, 1.82) is 0 Å². The highest BCUT2D eigenvalue weighted by atomic mass is 19.1. The summed E-state index contributed by atoms with van der Waals surface area (Å²) in [5, 5.41) is 5.18. The molecule has 0 aliphatic rings. The van der Waals surface area contributed by atoms with Gasteiger partial charge < -0.3 is 5.73 Å². The Kier molecular flexibility index (Phi) is 2.99. The Morgan fingerprint density at radius 3 is 2.70 bits per heavy atom. The average Bonchev–Trinajstić information content (AvgIpc) is 2.79. The molecule has 0 fully saturated rings. The Hall–Kier alpha value is -2.27. The first-order valence-electron chi connectivity index (χ1n) is 6.20. The lowest BCUT2D eigenvalue weighted by atomic mass is 10.0. The highest BCUT2D eigenvalue weighted by Gasteiger charge is 2.20. The van der Waals surface area contributed by atoms with Gasteiger partial charge in [-0.15, -0.1) is 0 Å². The second-order valence-electron chi connectivity index (χ2n) is 4.67. The zero-order valence-corrected chi connectivity index (χ0v) is 10.8. The predicted octanol–water partition coefficient (Wildman–Crippen LogP) is 2.90. The summed E-state index contributed by atoms with van der Waals surface area (Å²) in [5.41, 5.74) is 7.62. The van der Waals surface area contributed by atoms with Gasteiger partial charge in [0.05, 0.1) is 17.3 Å². The summed E-state index contributed by atoms with van der Waals surface area (Å²) >= 11 is 0. The van der Waals surface area contributed by atoms with Crippen molar-refractivity contribution in [2.45, 2.75) is 6.04 Å². The fourth-order valence-corrected chi connectivity index (χ4v) is 2.37. The quantitative estimate of drug-likeness (QED) is 0.780. The number of aryl methyl sites for hydroxylation is 1. The lowest BCUT2D eigenvalue weighted by molar-refractivity contribution is 0.573. The Bertz CT molecular complexity index is 780. The zero-order valence-electron chi connectivity index (χ0n) is 10.8. The summed E-state index contributed by atoms with van der Waals surface area (Å²) in [7, 11) is 1.79. The van der Waals surface area contributed by atoms with Crippen LogP contribution in [0, 0.1) is 11.6 Å². The normalized spacial score (nSPS) is 12.8. The molecule has 0 spiro atoms. The van der Waals surface area contributed by atoms with Crippen LogP contribution in [0.25, 0.3) is 10.9 Å². The molecule has 0 radical (unpaired) electrons. The van der Waals surface area contributed by atoms with Gasteiger partial charge in [-0.3, -0.25) is 4.68 Å². The van der Waals surface area contributed by atoms with E-state index in [-0.39, 0.29) is 5.56 Å². The van der Waals surface area contributed by atoms with Crippen LogP contribution in [0.1, 0.15) is 17.3 Å². The van der Waals surface area contributed by atoms with E-state index in [4.69, 9.17) is 5.73 Å². The average molecular weight is 273 g/mol. The molecule has 0 bridgehead atoms. The summed E-state index contributed by atoms with van der Waals surface area (Å²) in [6, 6.07) is 9.98. The summed E-state index contributed by atoms with van der Waals surface area (Å²) in [5.74, 6) is -1.05. The molecule has 1 unspecified atom stereocenters. The van der Waals surface area contributed by atoms with E-state index in [1.165, 1.54) is 0 Å². The van der Waals surface area contributed by atoms with Gasteiger partial charge in [0.15, 0.2) is 0 Å². The summed E-state index contributed by atoms with van der Waals surface area (Å²) in [6.07, 6.45) is 0. The van der Waals surface area contributed by atoms with E-state index < -0.39 is 17.7 Å². The molecular formula is C15H13F2N3. The number of fused-ring (bicyclic) bond motifs is 1. The van der Waals surface area contributed by atoms with Crippen molar-refractivity contribution in [3.63, 3.8) is 0 Å². The van der Waals surface area contributed by atoms with Crippen molar-refractivity contribution in [1.82, 2.24) is 9.78 Å². The summed E-state index contributed by atoms with van der Waals surface area (Å²) in [4.78, 5) is 0. The van der Waals surface area contributed by atoms with Crippen LogP contribution in [0.4, 0.5) is 8.78 Å². The van der Waals surface area contributed by atoms with Gasteiger partial charge in [-0.1, -0.05) is 18.2 Å². The minimum absolute atomic E-state index is 0.105. The van der Waals surface area contributed by atoms with Gasteiger partial charge in [-0.2, -0.15) is 5.10 Å². The Morgan fingerprint density at radius 2 is 1.90 bits per heavy atom. The molecular weight excluding hydrogens is 260 g/mol. The number of hydrogen-bond donors (Lipinski definition) is 1. The Balaban J connectivity index is 2.18. The molecule has 1 atom stereocenters. The third-order valence-electron chi connectivity index (χ3n) is 3.37. The molecule has 0 aliphatic heterocycles. The van der Waals surface area contributed by atoms with Crippen LogP contribution >= 0.6 is 0 Å². The van der Waals surface area contributed by atoms with Gasteiger partial charge in [0.1, 0.15) is 11.6 Å². The fraction of sp³-hybridized carbons (Fsp3) is 0.133.